The molecule has 1 amide bonds. The molecule has 174 valence electrons. The number of anilines is 1. The van der Waals surface area contributed by atoms with Gasteiger partial charge in [0.1, 0.15) is 12.4 Å². The van der Waals surface area contributed by atoms with Gasteiger partial charge in [-0.2, -0.15) is 0 Å². The van der Waals surface area contributed by atoms with Gasteiger partial charge in [-0.1, -0.05) is 23.7 Å². The third kappa shape index (κ3) is 4.61. The molecule has 1 aromatic carbocycles. The first-order chi connectivity index (χ1) is 15.5. The second-order valence-corrected chi connectivity index (χ2v) is 9.68. The number of carbonyl (C=O) groups is 1. The number of fused-ring (bicyclic) bond motifs is 1. The SMILES string of the molecule is Cc1cc2c(cc1Cc1ccc(C(=O)NNc3ncc(CF)cc3Cl)o1)C(C)(C)OC2(C)C. The van der Waals surface area contributed by atoms with Crippen molar-refractivity contribution in [2.45, 2.75) is 58.9 Å². The molecule has 8 heteroatoms. The van der Waals surface area contributed by atoms with Crippen LogP contribution in [0, 0.1) is 6.92 Å². The van der Waals surface area contributed by atoms with E-state index < -0.39 is 12.6 Å². The Bertz CT molecular complexity index is 1220. The van der Waals surface area contributed by atoms with Crippen LogP contribution in [0.25, 0.3) is 0 Å². The third-order valence-electron chi connectivity index (χ3n) is 5.88. The van der Waals surface area contributed by atoms with Crippen LogP contribution in [0.5, 0.6) is 0 Å². The molecular formula is C25H27ClFN3O3. The molecule has 0 bridgehead atoms. The summed E-state index contributed by atoms with van der Waals surface area (Å²) in [5.41, 5.74) is 9.40. The first kappa shape index (κ1) is 23.3. The minimum atomic E-state index is -0.666. The molecular weight excluding hydrogens is 445 g/mol. The van der Waals surface area contributed by atoms with E-state index in [0.29, 0.717) is 17.7 Å². The Morgan fingerprint density at radius 3 is 2.48 bits per heavy atom. The van der Waals surface area contributed by atoms with E-state index >= 15 is 0 Å². The number of furan rings is 1. The minimum Gasteiger partial charge on any atom is -0.456 e. The molecule has 2 N–H and O–H groups in total. The number of alkyl halides is 1. The number of aromatic nitrogens is 1. The predicted octanol–water partition coefficient (Wildman–Crippen LogP) is 5.95. The van der Waals surface area contributed by atoms with E-state index in [1.54, 1.807) is 12.1 Å². The number of carbonyl (C=O) groups excluding carboxylic acids is 1. The topological polar surface area (TPSA) is 76.4 Å². The van der Waals surface area contributed by atoms with E-state index in [0.717, 1.165) is 11.1 Å². The lowest BCUT2D eigenvalue weighted by Crippen LogP contribution is -2.29. The van der Waals surface area contributed by atoms with Gasteiger partial charge in [0.2, 0.25) is 0 Å². The summed E-state index contributed by atoms with van der Waals surface area (Å²) in [6, 6.07) is 9.21. The van der Waals surface area contributed by atoms with Crippen molar-refractivity contribution in [1.29, 1.82) is 0 Å². The summed E-state index contributed by atoms with van der Waals surface area (Å²) in [4.78, 5) is 16.5. The van der Waals surface area contributed by atoms with Gasteiger partial charge in [0.05, 0.1) is 16.2 Å². The fraction of sp³-hybridized carbons (Fsp3) is 0.360. The molecule has 0 atom stereocenters. The molecule has 0 saturated carbocycles. The van der Waals surface area contributed by atoms with Crippen LogP contribution in [-0.2, 0) is 29.0 Å². The zero-order chi connectivity index (χ0) is 24.0. The van der Waals surface area contributed by atoms with Crippen LogP contribution in [0.15, 0.2) is 40.9 Å². The van der Waals surface area contributed by atoms with E-state index in [1.807, 2.05) is 0 Å². The number of nitrogens with zero attached hydrogens (tertiary/aromatic N) is 1. The molecule has 3 aromatic rings. The Labute approximate surface area is 197 Å². The van der Waals surface area contributed by atoms with Crippen molar-refractivity contribution >= 4 is 23.3 Å². The average molecular weight is 472 g/mol. The van der Waals surface area contributed by atoms with Gasteiger partial charge in [-0.3, -0.25) is 15.6 Å². The van der Waals surface area contributed by atoms with Gasteiger partial charge < -0.3 is 9.15 Å². The Hall–Kier alpha value is -2.90. The fourth-order valence-corrected chi connectivity index (χ4v) is 4.53. The van der Waals surface area contributed by atoms with Gasteiger partial charge in [-0.25, -0.2) is 9.37 Å². The van der Waals surface area contributed by atoms with Crippen molar-refractivity contribution < 1.29 is 18.3 Å². The summed E-state index contributed by atoms with van der Waals surface area (Å²) in [5.74, 6) is 0.561. The molecule has 0 radical (unpaired) electrons. The molecule has 1 aliphatic rings. The summed E-state index contributed by atoms with van der Waals surface area (Å²) in [6.45, 7) is 9.73. The van der Waals surface area contributed by atoms with Gasteiger partial charge in [-0.05, 0) is 75.1 Å². The standard InChI is InChI=1S/C25H27ClFN3O3/c1-14-8-18-19(25(4,5)33-24(18,2)3)11-16(14)10-17-6-7-21(32-17)23(31)30-29-22-20(26)9-15(12-27)13-28-22/h6-9,11,13H,10,12H2,1-5H3,(H,28,29)(H,30,31). The van der Waals surface area contributed by atoms with Gasteiger partial charge in [0, 0.05) is 18.2 Å². The van der Waals surface area contributed by atoms with Crippen molar-refractivity contribution in [2.75, 3.05) is 5.43 Å². The maximum atomic E-state index is 12.7. The molecule has 4 rings (SSSR count). The van der Waals surface area contributed by atoms with Crippen LogP contribution in [0.4, 0.5) is 10.2 Å². The van der Waals surface area contributed by atoms with E-state index in [4.69, 9.17) is 20.8 Å². The lowest BCUT2D eigenvalue weighted by Gasteiger charge is -2.24. The number of halogens is 2. The molecule has 0 saturated heterocycles. The fourth-order valence-electron chi connectivity index (χ4n) is 4.29. The number of hydrogen-bond acceptors (Lipinski definition) is 5. The molecule has 1 aliphatic heterocycles. The minimum absolute atomic E-state index is 0.151. The van der Waals surface area contributed by atoms with Crippen LogP contribution in [0.1, 0.15) is 71.8 Å². The van der Waals surface area contributed by atoms with Crippen LogP contribution in [0.3, 0.4) is 0 Å². The second kappa shape index (κ2) is 8.47. The van der Waals surface area contributed by atoms with Crippen LogP contribution < -0.4 is 10.9 Å². The van der Waals surface area contributed by atoms with Crippen molar-refractivity contribution in [1.82, 2.24) is 10.4 Å². The Kier molecular flexibility index (Phi) is 5.97. The Morgan fingerprint density at radius 1 is 1.12 bits per heavy atom. The third-order valence-corrected chi connectivity index (χ3v) is 6.17. The number of nitrogens with one attached hydrogen (secondary N) is 2. The number of amides is 1. The zero-order valence-electron chi connectivity index (χ0n) is 19.3. The van der Waals surface area contributed by atoms with E-state index in [9.17, 15) is 9.18 Å². The first-order valence-electron chi connectivity index (χ1n) is 10.7. The largest absolute Gasteiger partial charge is 0.456 e. The highest BCUT2D eigenvalue weighted by atomic mass is 35.5. The molecule has 0 fully saturated rings. The number of hydrogen-bond donors (Lipinski definition) is 2. The van der Waals surface area contributed by atoms with Crippen LogP contribution in [-0.4, -0.2) is 10.9 Å². The maximum Gasteiger partial charge on any atom is 0.305 e. The average Bonchev–Trinajstić information content (AvgIpc) is 3.27. The monoisotopic (exact) mass is 471 g/mol. The zero-order valence-corrected chi connectivity index (χ0v) is 20.1. The van der Waals surface area contributed by atoms with Crippen molar-refractivity contribution in [3.63, 3.8) is 0 Å². The molecule has 2 aromatic heterocycles. The molecule has 3 heterocycles. The van der Waals surface area contributed by atoms with Crippen LogP contribution in [0.2, 0.25) is 5.02 Å². The Balaban J connectivity index is 1.47. The normalized spacial score (nSPS) is 15.8. The van der Waals surface area contributed by atoms with Crippen molar-refractivity contribution in [3.8, 4) is 0 Å². The number of benzene rings is 1. The van der Waals surface area contributed by atoms with Gasteiger partial charge >= 0.3 is 5.91 Å². The summed E-state index contributed by atoms with van der Waals surface area (Å²) in [6.07, 6.45) is 1.90. The highest BCUT2D eigenvalue weighted by Crippen LogP contribution is 2.47. The maximum absolute atomic E-state index is 12.7. The number of ether oxygens (including phenoxy) is 1. The summed E-state index contributed by atoms with van der Waals surface area (Å²) in [7, 11) is 0. The lowest BCUT2D eigenvalue weighted by atomic mass is 9.86. The molecule has 0 spiro atoms. The second-order valence-electron chi connectivity index (χ2n) is 9.28. The van der Waals surface area contributed by atoms with Gasteiger partial charge in [0.25, 0.3) is 0 Å². The van der Waals surface area contributed by atoms with E-state index in [2.05, 4.69) is 62.6 Å². The summed E-state index contributed by atoms with van der Waals surface area (Å²) >= 11 is 6.05. The van der Waals surface area contributed by atoms with Crippen molar-refractivity contribution in [2.24, 2.45) is 0 Å². The lowest BCUT2D eigenvalue weighted by molar-refractivity contribution is -0.105. The molecule has 0 aliphatic carbocycles. The van der Waals surface area contributed by atoms with Gasteiger partial charge in [-0.15, -0.1) is 0 Å². The Morgan fingerprint density at radius 2 is 1.82 bits per heavy atom. The quantitative estimate of drug-likeness (QED) is 0.434. The van der Waals surface area contributed by atoms with Crippen LogP contribution >= 0.6 is 11.6 Å². The summed E-state index contributed by atoms with van der Waals surface area (Å²) < 4.78 is 24.7. The number of pyridine rings is 1. The molecule has 0 unspecified atom stereocenters. The first-order valence-corrected chi connectivity index (χ1v) is 11.1. The van der Waals surface area contributed by atoms with Gasteiger partial charge in [0.15, 0.2) is 11.6 Å². The summed E-state index contributed by atoms with van der Waals surface area (Å²) in [5, 5.41) is 0.202. The van der Waals surface area contributed by atoms with Crippen molar-refractivity contribution in [3.05, 3.63) is 80.9 Å². The number of rotatable bonds is 6. The number of aryl methyl sites for hydroxylation is 1. The highest BCUT2D eigenvalue weighted by molar-refractivity contribution is 6.33. The molecule has 6 nitrogen and oxygen atoms in total. The number of hydrazine groups is 1. The predicted molar refractivity (Wildman–Crippen MR) is 125 cm³/mol. The smallest absolute Gasteiger partial charge is 0.305 e. The molecule has 33 heavy (non-hydrogen) atoms. The highest BCUT2D eigenvalue weighted by Gasteiger charge is 2.43. The van der Waals surface area contributed by atoms with E-state index in [-0.39, 0.29) is 27.8 Å². The van der Waals surface area contributed by atoms with E-state index in [1.165, 1.54) is 23.4 Å².